The predicted octanol–water partition coefficient (Wildman–Crippen LogP) is -1.28. The van der Waals surface area contributed by atoms with Crippen LogP contribution in [0.25, 0.3) is 0 Å². The minimum atomic E-state index is -2.69. The van der Waals surface area contributed by atoms with E-state index in [0.29, 0.717) is 0 Å². The molecule has 2 saturated heterocycles. The fourth-order valence-corrected chi connectivity index (χ4v) is 2.42. The zero-order valence-corrected chi connectivity index (χ0v) is 7.06. The van der Waals surface area contributed by atoms with E-state index in [1.54, 1.807) is 0 Å². The molecule has 0 spiro atoms. The molecule has 3 aliphatic rings. The fourth-order valence-electron chi connectivity index (χ4n) is 2.42. The van der Waals surface area contributed by atoms with E-state index in [4.69, 9.17) is 0 Å². The minimum Gasteiger partial charge on any atom is -0.393 e. The van der Waals surface area contributed by atoms with Crippen LogP contribution in [-0.4, -0.2) is 29.5 Å². The van der Waals surface area contributed by atoms with E-state index in [9.17, 15) is 23.6 Å². The van der Waals surface area contributed by atoms with Crippen LogP contribution in [-0.2, 0) is 28.7 Å². The van der Waals surface area contributed by atoms with Gasteiger partial charge in [0.1, 0.15) is 11.8 Å². The standard InChI is InChI=1S/C8H3FO6/c9-8-2-1(4(10)14-5(2)11)3(8)6(12)15-7(8)13/h1-3H. The van der Waals surface area contributed by atoms with Crippen LogP contribution in [0.3, 0.4) is 0 Å². The molecule has 3 rings (SSSR count). The number of hydrogen-bond acceptors (Lipinski definition) is 6. The summed E-state index contributed by atoms with van der Waals surface area (Å²) in [5, 5.41) is 0. The van der Waals surface area contributed by atoms with Crippen LogP contribution >= 0.6 is 0 Å². The Kier molecular flexibility index (Phi) is 1.18. The van der Waals surface area contributed by atoms with Gasteiger partial charge in [-0.15, -0.1) is 0 Å². The molecule has 0 aromatic heterocycles. The van der Waals surface area contributed by atoms with Gasteiger partial charge in [0.15, 0.2) is 0 Å². The van der Waals surface area contributed by atoms with E-state index in [1.165, 1.54) is 0 Å². The van der Waals surface area contributed by atoms with Crippen LogP contribution in [0, 0.1) is 17.8 Å². The van der Waals surface area contributed by atoms with Gasteiger partial charge in [0.05, 0.1) is 5.92 Å². The zero-order chi connectivity index (χ0) is 11.0. The summed E-state index contributed by atoms with van der Waals surface area (Å²) in [4.78, 5) is 44.2. The highest BCUT2D eigenvalue weighted by atomic mass is 19.1. The van der Waals surface area contributed by atoms with Gasteiger partial charge in [-0.2, -0.15) is 0 Å². The van der Waals surface area contributed by atoms with Crippen molar-refractivity contribution in [3.05, 3.63) is 0 Å². The molecule has 0 aromatic rings. The molecule has 0 N–H and O–H groups in total. The number of esters is 4. The van der Waals surface area contributed by atoms with Crippen LogP contribution < -0.4 is 0 Å². The van der Waals surface area contributed by atoms with Crippen molar-refractivity contribution >= 4 is 23.9 Å². The van der Waals surface area contributed by atoms with Crippen molar-refractivity contribution < 1.29 is 33.0 Å². The van der Waals surface area contributed by atoms with Crippen molar-refractivity contribution in [1.29, 1.82) is 0 Å². The minimum absolute atomic E-state index is 0.963. The Balaban J connectivity index is 2.12. The van der Waals surface area contributed by atoms with Gasteiger partial charge >= 0.3 is 23.9 Å². The van der Waals surface area contributed by atoms with E-state index in [2.05, 4.69) is 9.47 Å². The van der Waals surface area contributed by atoms with Crippen molar-refractivity contribution in [2.24, 2.45) is 17.8 Å². The van der Waals surface area contributed by atoms with Crippen molar-refractivity contribution in [3.63, 3.8) is 0 Å². The highest BCUT2D eigenvalue weighted by molar-refractivity contribution is 6.14. The average Bonchev–Trinajstić information content (AvgIpc) is 2.43. The first kappa shape index (κ1) is 8.51. The van der Waals surface area contributed by atoms with Crippen LogP contribution in [0.4, 0.5) is 4.39 Å². The first-order valence-corrected chi connectivity index (χ1v) is 4.18. The van der Waals surface area contributed by atoms with E-state index in [0.717, 1.165) is 0 Å². The van der Waals surface area contributed by atoms with Gasteiger partial charge in [0.2, 0.25) is 5.67 Å². The van der Waals surface area contributed by atoms with E-state index in [1.807, 2.05) is 0 Å². The lowest BCUT2D eigenvalue weighted by atomic mass is 9.56. The number of carbonyl (C=O) groups is 4. The van der Waals surface area contributed by atoms with Crippen LogP contribution in [0.15, 0.2) is 0 Å². The summed E-state index contributed by atoms with van der Waals surface area (Å²) >= 11 is 0. The number of fused-ring (bicyclic) bond motifs is 4. The SMILES string of the molecule is O=C1OC(=O)C2C1C1C(=O)OC(=O)C21F. The van der Waals surface area contributed by atoms with Crippen LogP contribution in [0.1, 0.15) is 0 Å². The Morgan fingerprint density at radius 3 is 2.07 bits per heavy atom. The maximum absolute atomic E-state index is 14.0. The van der Waals surface area contributed by atoms with Gasteiger partial charge in [-0.25, -0.2) is 9.18 Å². The molecule has 78 valence electrons. The van der Waals surface area contributed by atoms with Crippen molar-refractivity contribution in [1.82, 2.24) is 0 Å². The number of carbonyl (C=O) groups excluding carboxylic acids is 4. The summed E-state index contributed by atoms with van der Waals surface area (Å²) in [5.41, 5.74) is -2.69. The summed E-state index contributed by atoms with van der Waals surface area (Å²) in [6.07, 6.45) is 0. The van der Waals surface area contributed by atoms with Gasteiger partial charge in [-0.05, 0) is 0 Å². The maximum atomic E-state index is 14.0. The third kappa shape index (κ3) is 0.651. The van der Waals surface area contributed by atoms with Gasteiger partial charge in [0.25, 0.3) is 0 Å². The molecule has 4 atom stereocenters. The molecule has 2 heterocycles. The summed E-state index contributed by atoms with van der Waals surface area (Å²) in [6, 6.07) is 0. The summed E-state index contributed by atoms with van der Waals surface area (Å²) < 4.78 is 22.2. The Labute approximate surface area is 81.3 Å². The molecule has 3 fully saturated rings. The molecule has 15 heavy (non-hydrogen) atoms. The monoisotopic (exact) mass is 214 g/mol. The van der Waals surface area contributed by atoms with Crippen molar-refractivity contribution in [3.8, 4) is 0 Å². The Morgan fingerprint density at radius 1 is 0.933 bits per heavy atom. The highest BCUT2D eigenvalue weighted by Crippen LogP contribution is 2.59. The van der Waals surface area contributed by atoms with Gasteiger partial charge < -0.3 is 9.47 Å². The largest absolute Gasteiger partial charge is 0.393 e. The third-order valence-electron chi connectivity index (χ3n) is 3.11. The smallest absolute Gasteiger partial charge is 0.353 e. The van der Waals surface area contributed by atoms with Gasteiger partial charge in [-0.3, -0.25) is 14.4 Å². The number of ether oxygens (including phenoxy) is 2. The molecule has 1 aliphatic carbocycles. The first-order chi connectivity index (χ1) is 6.98. The van der Waals surface area contributed by atoms with Crippen molar-refractivity contribution in [2.45, 2.75) is 5.67 Å². The van der Waals surface area contributed by atoms with E-state index < -0.39 is 47.3 Å². The fraction of sp³-hybridized carbons (Fsp3) is 0.500. The lowest BCUT2D eigenvalue weighted by Gasteiger charge is -2.39. The quantitative estimate of drug-likeness (QED) is 0.369. The second kappa shape index (κ2) is 2.07. The predicted molar refractivity (Wildman–Crippen MR) is 36.5 cm³/mol. The summed E-state index contributed by atoms with van der Waals surface area (Å²) in [7, 11) is 0. The second-order valence-corrected chi connectivity index (χ2v) is 3.70. The first-order valence-electron chi connectivity index (χ1n) is 4.18. The Hall–Kier alpha value is -1.79. The molecular weight excluding hydrogens is 211 g/mol. The van der Waals surface area contributed by atoms with E-state index >= 15 is 0 Å². The molecular formula is C8H3FO6. The summed E-state index contributed by atoms with van der Waals surface area (Å²) in [6.45, 7) is 0. The Morgan fingerprint density at radius 2 is 1.47 bits per heavy atom. The molecule has 6 nitrogen and oxygen atoms in total. The summed E-state index contributed by atoms with van der Waals surface area (Å²) in [5.74, 6) is -8.77. The topological polar surface area (TPSA) is 86.7 Å². The van der Waals surface area contributed by atoms with Crippen LogP contribution in [0.2, 0.25) is 0 Å². The molecule has 4 unspecified atom stereocenters. The number of alkyl halides is 1. The maximum Gasteiger partial charge on any atom is 0.353 e. The highest BCUT2D eigenvalue weighted by Gasteiger charge is 2.83. The lowest BCUT2D eigenvalue weighted by Crippen LogP contribution is -2.62. The number of halogens is 1. The number of cyclic esters (lactones) is 4. The van der Waals surface area contributed by atoms with E-state index in [-0.39, 0.29) is 0 Å². The van der Waals surface area contributed by atoms with Crippen LogP contribution in [0.5, 0.6) is 0 Å². The normalized spacial score (nSPS) is 46.9. The molecule has 0 bridgehead atoms. The molecule has 1 saturated carbocycles. The lowest BCUT2D eigenvalue weighted by molar-refractivity contribution is -0.170. The third-order valence-corrected chi connectivity index (χ3v) is 3.11. The van der Waals surface area contributed by atoms with Crippen molar-refractivity contribution in [2.75, 3.05) is 0 Å². The molecule has 0 amide bonds. The molecule has 2 aliphatic heterocycles. The van der Waals surface area contributed by atoms with Gasteiger partial charge in [-0.1, -0.05) is 0 Å². The zero-order valence-electron chi connectivity index (χ0n) is 7.06. The average molecular weight is 214 g/mol. The molecule has 0 radical (unpaired) electrons. The molecule has 0 aromatic carbocycles. The number of rotatable bonds is 0. The molecule has 7 heteroatoms. The number of hydrogen-bond donors (Lipinski definition) is 0. The Bertz CT molecular complexity index is 424. The second-order valence-electron chi connectivity index (χ2n) is 3.70. The van der Waals surface area contributed by atoms with Gasteiger partial charge in [0, 0.05) is 0 Å².